The van der Waals surface area contributed by atoms with E-state index >= 15 is 0 Å². The normalized spacial score (nSPS) is 10.1. The van der Waals surface area contributed by atoms with Crippen LogP contribution in [-0.2, 0) is 11.3 Å². The number of aromatic nitrogens is 1. The highest BCUT2D eigenvalue weighted by Crippen LogP contribution is 2.21. The minimum Gasteiger partial charge on any atom is -0.478 e. The van der Waals surface area contributed by atoms with Crippen LogP contribution >= 0.6 is 11.6 Å². The zero-order valence-corrected chi connectivity index (χ0v) is 12.4. The standard InChI is InChI=1S/C15H13ClN2O4/c1-9-12(16)7-11(14(19)20)13(17-9)18-15(21)22-8-10-5-3-2-4-6-10/h2-7H,8H2,1H3,(H,19,20)(H,17,18,21). The molecule has 0 aliphatic heterocycles. The van der Waals surface area contributed by atoms with Gasteiger partial charge in [-0.25, -0.2) is 14.6 Å². The molecule has 0 bridgehead atoms. The van der Waals surface area contributed by atoms with E-state index < -0.39 is 12.1 Å². The summed E-state index contributed by atoms with van der Waals surface area (Å²) in [5.41, 5.74) is 1.02. The van der Waals surface area contributed by atoms with E-state index in [1.54, 1.807) is 19.1 Å². The molecule has 0 unspecified atom stereocenters. The average molecular weight is 321 g/mol. The summed E-state index contributed by atoms with van der Waals surface area (Å²) in [7, 11) is 0. The van der Waals surface area contributed by atoms with Crippen LogP contribution in [0.5, 0.6) is 0 Å². The van der Waals surface area contributed by atoms with Crippen molar-refractivity contribution in [3.05, 3.63) is 58.2 Å². The van der Waals surface area contributed by atoms with E-state index in [4.69, 9.17) is 21.4 Å². The summed E-state index contributed by atoms with van der Waals surface area (Å²) in [6, 6.07) is 10.3. The zero-order chi connectivity index (χ0) is 16.1. The molecule has 0 aliphatic rings. The van der Waals surface area contributed by atoms with Gasteiger partial charge in [0, 0.05) is 0 Å². The fraction of sp³-hybridized carbons (Fsp3) is 0.133. The summed E-state index contributed by atoms with van der Waals surface area (Å²) < 4.78 is 5.02. The van der Waals surface area contributed by atoms with Crippen LogP contribution in [0.15, 0.2) is 36.4 Å². The largest absolute Gasteiger partial charge is 0.478 e. The van der Waals surface area contributed by atoms with Gasteiger partial charge in [-0.2, -0.15) is 0 Å². The van der Waals surface area contributed by atoms with Crippen LogP contribution < -0.4 is 5.32 Å². The third-order valence-corrected chi connectivity index (χ3v) is 3.20. The lowest BCUT2D eigenvalue weighted by molar-refractivity contribution is 0.0697. The third kappa shape index (κ3) is 3.95. The molecule has 0 fully saturated rings. The molecule has 0 radical (unpaired) electrons. The monoisotopic (exact) mass is 320 g/mol. The Balaban J connectivity index is 2.08. The number of hydrogen-bond donors (Lipinski definition) is 2. The maximum absolute atomic E-state index is 11.8. The molecule has 1 amide bonds. The predicted octanol–water partition coefficient (Wildman–Crippen LogP) is 3.49. The van der Waals surface area contributed by atoms with E-state index in [2.05, 4.69) is 10.3 Å². The van der Waals surface area contributed by atoms with Crippen molar-refractivity contribution in [2.45, 2.75) is 13.5 Å². The Hall–Kier alpha value is -2.60. The number of anilines is 1. The van der Waals surface area contributed by atoms with Gasteiger partial charge in [0.15, 0.2) is 0 Å². The summed E-state index contributed by atoms with van der Waals surface area (Å²) in [5, 5.41) is 11.6. The molecule has 2 rings (SSSR count). The fourth-order valence-corrected chi connectivity index (χ4v) is 1.85. The van der Waals surface area contributed by atoms with Crippen molar-refractivity contribution in [2.24, 2.45) is 0 Å². The number of nitrogens with zero attached hydrogens (tertiary/aromatic N) is 1. The Morgan fingerprint density at radius 3 is 2.64 bits per heavy atom. The molecule has 6 nitrogen and oxygen atoms in total. The first kappa shape index (κ1) is 15.8. The second-order valence-corrected chi connectivity index (χ2v) is 4.85. The molecular weight excluding hydrogens is 308 g/mol. The Kier molecular flexibility index (Phi) is 4.95. The number of halogens is 1. The van der Waals surface area contributed by atoms with Crippen LogP contribution in [0.2, 0.25) is 5.02 Å². The SMILES string of the molecule is Cc1nc(NC(=O)OCc2ccccc2)c(C(=O)O)cc1Cl. The molecule has 1 heterocycles. The topological polar surface area (TPSA) is 88.5 Å². The highest BCUT2D eigenvalue weighted by molar-refractivity contribution is 6.31. The van der Waals surface area contributed by atoms with Crippen molar-refractivity contribution < 1.29 is 19.4 Å². The fourth-order valence-electron chi connectivity index (χ4n) is 1.70. The van der Waals surface area contributed by atoms with Gasteiger partial charge in [-0.3, -0.25) is 5.32 Å². The number of carboxylic acids is 1. The van der Waals surface area contributed by atoms with Gasteiger partial charge < -0.3 is 9.84 Å². The Labute approximate surface area is 131 Å². The number of benzene rings is 1. The lowest BCUT2D eigenvalue weighted by Gasteiger charge is -2.10. The number of hydrogen-bond acceptors (Lipinski definition) is 4. The highest BCUT2D eigenvalue weighted by atomic mass is 35.5. The summed E-state index contributed by atoms with van der Waals surface area (Å²) in [5.74, 6) is -1.35. The number of aryl methyl sites for hydroxylation is 1. The zero-order valence-electron chi connectivity index (χ0n) is 11.7. The highest BCUT2D eigenvalue weighted by Gasteiger charge is 2.17. The third-order valence-electron chi connectivity index (χ3n) is 2.81. The molecule has 0 aliphatic carbocycles. The molecule has 0 atom stereocenters. The molecule has 2 aromatic rings. The quantitative estimate of drug-likeness (QED) is 0.900. The molecule has 0 saturated heterocycles. The maximum Gasteiger partial charge on any atom is 0.413 e. The van der Waals surface area contributed by atoms with Crippen molar-refractivity contribution in [3.8, 4) is 0 Å². The Morgan fingerprint density at radius 2 is 2.00 bits per heavy atom. The van der Waals surface area contributed by atoms with Gasteiger partial charge in [0.2, 0.25) is 0 Å². The van der Waals surface area contributed by atoms with Gasteiger partial charge in [0.1, 0.15) is 18.0 Å². The smallest absolute Gasteiger partial charge is 0.413 e. The molecule has 114 valence electrons. The molecule has 0 saturated carbocycles. The number of amides is 1. The first-order chi connectivity index (χ1) is 10.5. The van der Waals surface area contributed by atoms with Crippen molar-refractivity contribution in [3.63, 3.8) is 0 Å². The van der Waals surface area contributed by atoms with Crippen LogP contribution in [0.4, 0.5) is 10.6 Å². The number of rotatable bonds is 4. The van der Waals surface area contributed by atoms with Crippen molar-refractivity contribution in [1.82, 2.24) is 4.98 Å². The molecular formula is C15H13ClN2O4. The lowest BCUT2D eigenvalue weighted by atomic mass is 10.2. The maximum atomic E-state index is 11.8. The number of nitrogens with one attached hydrogen (secondary N) is 1. The molecule has 1 aromatic carbocycles. The Bertz CT molecular complexity index is 704. The van der Waals surface area contributed by atoms with Crippen molar-refractivity contribution >= 4 is 29.5 Å². The van der Waals surface area contributed by atoms with E-state index in [9.17, 15) is 9.59 Å². The van der Waals surface area contributed by atoms with E-state index in [-0.39, 0.29) is 23.0 Å². The second-order valence-electron chi connectivity index (χ2n) is 4.44. The summed E-state index contributed by atoms with van der Waals surface area (Å²) in [4.78, 5) is 26.9. The number of pyridine rings is 1. The first-order valence-electron chi connectivity index (χ1n) is 6.35. The molecule has 7 heteroatoms. The van der Waals surface area contributed by atoms with E-state index in [0.717, 1.165) is 5.56 Å². The minimum atomic E-state index is -1.24. The molecule has 1 aromatic heterocycles. The number of carboxylic acid groups (broad SMARTS) is 1. The van der Waals surface area contributed by atoms with Crippen LogP contribution in [0.3, 0.4) is 0 Å². The molecule has 2 N–H and O–H groups in total. The van der Waals surface area contributed by atoms with Crippen LogP contribution in [0.25, 0.3) is 0 Å². The predicted molar refractivity (Wildman–Crippen MR) is 81.2 cm³/mol. The van der Waals surface area contributed by atoms with Crippen molar-refractivity contribution in [1.29, 1.82) is 0 Å². The van der Waals surface area contributed by atoms with Crippen LogP contribution in [-0.4, -0.2) is 22.2 Å². The van der Waals surface area contributed by atoms with Gasteiger partial charge in [-0.15, -0.1) is 0 Å². The lowest BCUT2D eigenvalue weighted by Crippen LogP contribution is -2.17. The Morgan fingerprint density at radius 1 is 1.32 bits per heavy atom. The molecule has 22 heavy (non-hydrogen) atoms. The van der Waals surface area contributed by atoms with E-state index in [1.165, 1.54) is 6.07 Å². The van der Waals surface area contributed by atoms with Gasteiger partial charge >= 0.3 is 12.1 Å². The first-order valence-corrected chi connectivity index (χ1v) is 6.73. The number of aromatic carboxylic acids is 1. The van der Waals surface area contributed by atoms with E-state index in [1.807, 2.05) is 18.2 Å². The number of ether oxygens (including phenoxy) is 1. The summed E-state index contributed by atoms with van der Waals surface area (Å²) >= 11 is 5.84. The summed E-state index contributed by atoms with van der Waals surface area (Å²) in [6.07, 6.45) is -0.791. The molecule has 0 spiro atoms. The summed E-state index contributed by atoms with van der Waals surface area (Å²) in [6.45, 7) is 1.68. The van der Waals surface area contributed by atoms with Gasteiger partial charge in [0.25, 0.3) is 0 Å². The van der Waals surface area contributed by atoms with Crippen molar-refractivity contribution in [2.75, 3.05) is 5.32 Å². The van der Waals surface area contributed by atoms with E-state index in [0.29, 0.717) is 5.69 Å². The minimum absolute atomic E-state index is 0.0711. The average Bonchev–Trinajstić information content (AvgIpc) is 2.49. The van der Waals surface area contributed by atoms with Crippen LogP contribution in [0.1, 0.15) is 21.6 Å². The van der Waals surface area contributed by atoms with Gasteiger partial charge in [0.05, 0.1) is 10.7 Å². The van der Waals surface area contributed by atoms with Gasteiger partial charge in [-0.05, 0) is 18.6 Å². The van der Waals surface area contributed by atoms with Gasteiger partial charge in [-0.1, -0.05) is 41.9 Å². The van der Waals surface area contributed by atoms with Crippen LogP contribution in [0, 0.1) is 6.92 Å². The number of carbonyl (C=O) groups is 2. The number of carbonyl (C=O) groups excluding carboxylic acids is 1. The second kappa shape index (κ2) is 6.91.